The van der Waals surface area contributed by atoms with Crippen LogP contribution in [0.15, 0.2) is 24.3 Å². The first-order chi connectivity index (χ1) is 11.4. The number of para-hydroxylation sites is 2. The second-order valence-electron chi connectivity index (χ2n) is 5.94. The van der Waals surface area contributed by atoms with Crippen LogP contribution in [0.2, 0.25) is 0 Å². The standard InChI is InChI=1S/C18H20N4O2/c1-10-16(12(3)23)11(2)20-17(10)18(24)19-9-15-21-13-7-5-6-8-14(13)22(15)4/h5-8,20H,9H2,1-4H3,(H,19,24). The predicted molar refractivity (Wildman–Crippen MR) is 92.2 cm³/mol. The van der Waals surface area contributed by atoms with Gasteiger partial charge in [0.15, 0.2) is 5.78 Å². The summed E-state index contributed by atoms with van der Waals surface area (Å²) in [5, 5.41) is 2.87. The third-order valence-corrected chi connectivity index (χ3v) is 4.30. The number of hydrogen-bond acceptors (Lipinski definition) is 3. The van der Waals surface area contributed by atoms with Crippen LogP contribution in [0.4, 0.5) is 0 Å². The smallest absolute Gasteiger partial charge is 0.268 e. The Bertz CT molecular complexity index is 949. The first kappa shape index (κ1) is 16.0. The van der Waals surface area contributed by atoms with Crippen molar-refractivity contribution in [2.75, 3.05) is 0 Å². The molecular weight excluding hydrogens is 304 g/mol. The van der Waals surface area contributed by atoms with E-state index in [2.05, 4.69) is 15.3 Å². The number of amides is 1. The van der Waals surface area contributed by atoms with E-state index in [0.717, 1.165) is 16.9 Å². The number of carbonyl (C=O) groups is 2. The maximum Gasteiger partial charge on any atom is 0.268 e. The zero-order valence-corrected chi connectivity index (χ0v) is 14.2. The third-order valence-electron chi connectivity index (χ3n) is 4.30. The van der Waals surface area contributed by atoms with E-state index >= 15 is 0 Å². The highest BCUT2D eigenvalue weighted by atomic mass is 16.2. The van der Waals surface area contributed by atoms with Crippen molar-refractivity contribution in [1.29, 1.82) is 0 Å². The summed E-state index contributed by atoms with van der Waals surface area (Å²) in [5.74, 6) is 0.489. The molecule has 1 aromatic carbocycles. The molecule has 0 spiro atoms. The molecule has 0 radical (unpaired) electrons. The van der Waals surface area contributed by atoms with Crippen LogP contribution in [0, 0.1) is 13.8 Å². The molecule has 0 atom stereocenters. The average Bonchev–Trinajstić information content (AvgIpc) is 3.02. The first-order valence-electron chi connectivity index (χ1n) is 7.78. The number of benzene rings is 1. The molecule has 0 unspecified atom stereocenters. The van der Waals surface area contributed by atoms with Crippen LogP contribution in [-0.2, 0) is 13.6 Å². The lowest BCUT2D eigenvalue weighted by atomic mass is 10.1. The highest BCUT2D eigenvalue weighted by Crippen LogP contribution is 2.19. The Morgan fingerprint density at radius 3 is 2.58 bits per heavy atom. The number of carbonyl (C=O) groups excluding carboxylic acids is 2. The van der Waals surface area contributed by atoms with Gasteiger partial charge in [-0.1, -0.05) is 12.1 Å². The molecule has 6 heteroatoms. The van der Waals surface area contributed by atoms with Crippen molar-refractivity contribution in [3.8, 4) is 0 Å². The fourth-order valence-corrected chi connectivity index (χ4v) is 3.11. The number of imidazole rings is 1. The van der Waals surface area contributed by atoms with E-state index in [0.29, 0.717) is 29.1 Å². The summed E-state index contributed by atoms with van der Waals surface area (Å²) in [6.45, 7) is 5.40. The number of nitrogens with zero attached hydrogens (tertiary/aromatic N) is 2. The monoisotopic (exact) mass is 324 g/mol. The minimum absolute atomic E-state index is 0.0457. The Hall–Kier alpha value is -2.89. The fraction of sp³-hybridized carbons (Fsp3) is 0.278. The molecule has 0 aliphatic carbocycles. The van der Waals surface area contributed by atoms with Crippen molar-refractivity contribution in [2.24, 2.45) is 7.05 Å². The van der Waals surface area contributed by atoms with Crippen molar-refractivity contribution in [3.05, 3.63) is 52.6 Å². The normalized spacial score (nSPS) is 11.0. The van der Waals surface area contributed by atoms with Gasteiger partial charge in [-0.25, -0.2) is 4.98 Å². The maximum absolute atomic E-state index is 12.5. The Labute approximate surface area is 139 Å². The number of hydrogen-bond donors (Lipinski definition) is 2. The molecule has 0 saturated carbocycles. The molecule has 2 aromatic heterocycles. The van der Waals surface area contributed by atoms with E-state index in [9.17, 15) is 9.59 Å². The number of nitrogens with one attached hydrogen (secondary N) is 2. The molecule has 0 fully saturated rings. The van der Waals surface area contributed by atoms with Crippen LogP contribution >= 0.6 is 0 Å². The molecular formula is C18H20N4O2. The lowest BCUT2D eigenvalue weighted by molar-refractivity contribution is 0.0944. The van der Waals surface area contributed by atoms with E-state index < -0.39 is 0 Å². The number of aromatic nitrogens is 3. The average molecular weight is 324 g/mol. The predicted octanol–water partition coefficient (Wildman–Crippen LogP) is 2.65. The summed E-state index contributed by atoms with van der Waals surface area (Å²) >= 11 is 0. The van der Waals surface area contributed by atoms with E-state index in [1.165, 1.54) is 6.92 Å². The Morgan fingerprint density at radius 1 is 1.25 bits per heavy atom. The third kappa shape index (κ3) is 2.60. The van der Waals surface area contributed by atoms with Crippen molar-refractivity contribution < 1.29 is 9.59 Å². The maximum atomic E-state index is 12.5. The van der Waals surface area contributed by atoms with Crippen molar-refractivity contribution >= 4 is 22.7 Å². The molecule has 0 aliphatic rings. The number of ketones is 1. The number of fused-ring (bicyclic) bond motifs is 1. The minimum Gasteiger partial charge on any atom is -0.354 e. The number of aryl methyl sites for hydroxylation is 2. The molecule has 3 rings (SSSR count). The molecule has 2 heterocycles. The van der Waals surface area contributed by atoms with Gasteiger partial charge in [-0.3, -0.25) is 9.59 Å². The lowest BCUT2D eigenvalue weighted by Gasteiger charge is -2.05. The van der Waals surface area contributed by atoms with E-state index in [1.807, 2.05) is 35.9 Å². The van der Waals surface area contributed by atoms with E-state index in [-0.39, 0.29) is 11.7 Å². The zero-order valence-electron chi connectivity index (χ0n) is 14.2. The summed E-state index contributed by atoms with van der Waals surface area (Å²) < 4.78 is 1.96. The van der Waals surface area contributed by atoms with Crippen LogP contribution in [-0.4, -0.2) is 26.2 Å². The molecule has 6 nitrogen and oxygen atoms in total. The van der Waals surface area contributed by atoms with Gasteiger partial charge in [0, 0.05) is 18.3 Å². The van der Waals surface area contributed by atoms with Gasteiger partial charge >= 0.3 is 0 Å². The van der Waals surface area contributed by atoms with Crippen molar-refractivity contribution in [1.82, 2.24) is 19.9 Å². The fourth-order valence-electron chi connectivity index (χ4n) is 3.11. The van der Waals surface area contributed by atoms with Gasteiger partial charge in [0.1, 0.15) is 11.5 Å². The summed E-state index contributed by atoms with van der Waals surface area (Å²) in [6.07, 6.45) is 0. The summed E-state index contributed by atoms with van der Waals surface area (Å²) in [4.78, 5) is 31.7. The van der Waals surface area contributed by atoms with Crippen LogP contribution in [0.5, 0.6) is 0 Å². The van der Waals surface area contributed by atoms with Gasteiger partial charge in [0.2, 0.25) is 0 Å². The number of rotatable bonds is 4. The second kappa shape index (κ2) is 5.96. The SMILES string of the molecule is CC(=O)c1c(C)[nH]c(C(=O)NCc2nc3ccccc3n2C)c1C. The van der Waals surface area contributed by atoms with Gasteiger partial charge < -0.3 is 14.9 Å². The molecule has 0 saturated heterocycles. The first-order valence-corrected chi connectivity index (χ1v) is 7.78. The van der Waals surface area contributed by atoms with Crippen LogP contribution in [0.25, 0.3) is 11.0 Å². The van der Waals surface area contributed by atoms with Gasteiger partial charge in [-0.15, -0.1) is 0 Å². The van der Waals surface area contributed by atoms with Crippen LogP contribution < -0.4 is 5.32 Å². The van der Waals surface area contributed by atoms with Crippen LogP contribution in [0.1, 0.15) is 44.9 Å². The van der Waals surface area contributed by atoms with E-state index in [1.54, 1.807) is 13.8 Å². The quantitative estimate of drug-likeness (QED) is 0.724. The Kier molecular flexibility index (Phi) is 3.97. The largest absolute Gasteiger partial charge is 0.354 e. The van der Waals surface area contributed by atoms with Crippen molar-refractivity contribution in [2.45, 2.75) is 27.3 Å². The summed E-state index contributed by atoms with van der Waals surface area (Å²) in [6, 6.07) is 7.83. The van der Waals surface area contributed by atoms with E-state index in [4.69, 9.17) is 0 Å². The molecule has 0 bridgehead atoms. The highest BCUT2D eigenvalue weighted by Gasteiger charge is 2.20. The molecule has 2 N–H and O–H groups in total. The van der Waals surface area contributed by atoms with Gasteiger partial charge in [-0.2, -0.15) is 0 Å². The molecule has 24 heavy (non-hydrogen) atoms. The number of H-pyrrole nitrogens is 1. The van der Waals surface area contributed by atoms with Gasteiger partial charge in [0.25, 0.3) is 5.91 Å². The summed E-state index contributed by atoms with van der Waals surface area (Å²) in [5.41, 5.74) is 4.33. The molecule has 3 aromatic rings. The molecule has 0 aliphatic heterocycles. The van der Waals surface area contributed by atoms with Crippen molar-refractivity contribution in [3.63, 3.8) is 0 Å². The lowest BCUT2D eigenvalue weighted by Crippen LogP contribution is -2.25. The second-order valence-corrected chi connectivity index (χ2v) is 5.94. The van der Waals surface area contributed by atoms with Gasteiger partial charge in [0.05, 0.1) is 17.6 Å². The highest BCUT2D eigenvalue weighted by molar-refractivity contribution is 6.02. The Balaban J connectivity index is 1.82. The molecule has 1 amide bonds. The Morgan fingerprint density at radius 2 is 1.96 bits per heavy atom. The van der Waals surface area contributed by atoms with Crippen LogP contribution in [0.3, 0.4) is 0 Å². The zero-order chi connectivity index (χ0) is 17.4. The summed E-state index contributed by atoms with van der Waals surface area (Å²) in [7, 11) is 1.93. The minimum atomic E-state index is -0.241. The van der Waals surface area contributed by atoms with Gasteiger partial charge in [-0.05, 0) is 38.5 Å². The molecule has 124 valence electrons. The number of aromatic amines is 1. The topological polar surface area (TPSA) is 79.8 Å². The number of Topliss-reactive ketones (excluding diaryl/α,β-unsaturated/α-hetero) is 1.